The molecule has 0 aromatic heterocycles. The zero-order chi connectivity index (χ0) is 28.9. The van der Waals surface area contributed by atoms with Crippen LogP contribution in [0.25, 0.3) is 0 Å². The average molecular weight is 552 g/mol. The highest BCUT2D eigenvalue weighted by Gasteiger charge is 2.29. The Labute approximate surface area is 233 Å². The zero-order valence-corrected chi connectivity index (χ0v) is 25.2. The maximum absolute atomic E-state index is 13.2. The van der Waals surface area contributed by atoms with Crippen molar-refractivity contribution in [2.45, 2.75) is 104 Å². The molecule has 0 fully saturated rings. The van der Waals surface area contributed by atoms with Crippen LogP contribution in [0.5, 0.6) is 0 Å². The van der Waals surface area contributed by atoms with Gasteiger partial charge in [0.05, 0.1) is 12.1 Å². The Hall–Kier alpha value is -2.26. The minimum absolute atomic E-state index is 0.239. The second-order valence-corrected chi connectivity index (χ2v) is 12.8. The maximum atomic E-state index is 13.2. The third-order valence-electron chi connectivity index (χ3n) is 5.69. The standard InChI is InChI=1S/C29H49N3O5S/c1-19(2)14-15-38-18-25(33)23(16-20(3)4)31-26(34)21(5)30-27(35)24(17-22-12-10-9-11-13-22)32-28(36)37-29(6,7)8/h9-13,19-21,23-25,33H,14-18H2,1-8H3,(H,30,35)(H,31,34)(H,32,36)/t21-,23+,24-,25+/m0/s1. The molecule has 0 aliphatic heterocycles. The first-order valence-electron chi connectivity index (χ1n) is 13.6. The third-order valence-corrected chi connectivity index (χ3v) is 6.79. The molecule has 4 N–H and O–H groups in total. The predicted octanol–water partition coefficient (Wildman–Crippen LogP) is 4.30. The first-order chi connectivity index (χ1) is 17.7. The van der Waals surface area contributed by atoms with E-state index in [0.29, 0.717) is 18.1 Å². The van der Waals surface area contributed by atoms with Gasteiger partial charge < -0.3 is 25.8 Å². The highest BCUT2D eigenvalue weighted by Crippen LogP contribution is 2.16. The fourth-order valence-corrected chi connectivity index (χ4v) is 4.93. The molecule has 8 nitrogen and oxygen atoms in total. The molecule has 1 aromatic carbocycles. The van der Waals surface area contributed by atoms with E-state index in [9.17, 15) is 19.5 Å². The lowest BCUT2D eigenvalue weighted by molar-refractivity contribution is -0.130. The van der Waals surface area contributed by atoms with Crippen molar-refractivity contribution in [1.82, 2.24) is 16.0 Å². The fourth-order valence-electron chi connectivity index (χ4n) is 3.66. The van der Waals surface area contributed by atoms with E-state index in [1.807, 2.05) is 44.2 Å². The number of amides is 3. The van der Waals surface area contributed by atoms with Gasteiger partial charge in [0.1, 0.15) is 17.7 Å². The van der Waals surface area contributed by atoms with Gasteiger partial charge in [0.2, 0.25) is 11.8 Å². The van der Waals surface area contributed by atoms with Gasteiger partial charge in [-0.1, -0.05) is 58.0 Å². The van der Waals surface area contributed by atoms with E-state index in [4.69, 9.17) is 4.74 Å². The SMILES string of the molecule is CC(C)CCSC[C@@H](O)[C@@H](CC(C)C)NC(=O)[C@H](C)NC(=O)[C@H](Cc1ccccc1)NC(=O)OC(C)(C)C. The summed E-state index contributed by atoms with van der Waals surface area (Å²) in [5.74, 6) is 1.49. The molecular weight excluding hydrogens is 502 g/mol. The van der Waals surface area contributed by atoms with Crippen molar-refractivity contribution in [2.24, 2.45) is 11.8 Å². The summed E-state index contributed by atoms with van der Waals surface area (Å²) in [5.41, 5.74) is 0.139. The number of hydrogen-bond donors (Lipinski definition) is 4. The molecule has 0 saturated heterocycles. The highest BCUT2D eigenvalue weighted by molar-refractivity contribution is 7.99. The molecule has 0 radical (unpaired) electrons. The van der Waals surface area contributed by atoms with Gasteiger partial charge in [0.15, 0.2) is 0 Å². The number of rotatable bonds is 15. The molecular formula is C29H49N3O5S. The topological polar surface area (TPSA) is 117 Å². The van der Waals surface area contributed by atoms with Gasteiger partial charge in [-0.2, -0.15) is 11.8 Å². The zero-order valence-electron chi connectivity index (χ0n) is 24.4. The van der Waals surface area contributed by atoms with Crippen LogP contribution in [0.1, 0.15) is 73.8 Å². The van der Waals surface area contributed by atoms with Crippen molar-refractivity contribution in [1.29, 1.82) is 0 Å². The summed E-state index contributed by atoms with van der Waals surface area (Å²) in [6.45, 7) is 15.3. The fraction of sp³-hybridized carbons (Fsp3) is 0.690. The smallest absolute Gasteiger partial charge is 0.408 e. The molecule has 0 unspecified atom stereocenters. The lowest BCUT2D eigenvalue weighted by atomic mass is 9.99. The molecule has 0 bridgehead atoms. The Balaban J connectivity index is 2.84. The molecule has 4 atom stereocenters. The van der Waals surface area contributed by atoms with E-state index in [1.54, 1.807) is 39.5 Å². The van der Waals surface area contributed by atoms with Crippen molar-refractivity contribution in [2.75, 3.05) is 11.5 Å². The number of ether oxygens (including phenoxy) is 1. The number of alkyl carbamates (subject to hydrolysis) is 1. The van der Waals surface area contributed by atoms with Crippen molar-refractivity contribution in [3.8, 4) is 0 Å². The van der Waals surface area contributed by atoms with Crippen LogP contribution >= 0.6 is 11.8 Å². The van der Waals surface area contributed by atoms with Crippen LogP contribution < -0.4 is 16.0 Å². The molecule has 38 heavy (non-hydrogen) atoms. The Bertz CT molecular complexity index is 858. The summed E-state index contributed by atoms with van der Waals surface area (Å²) in [6.07, 6.45) is 0.530. The first kappa shape index (κ1) is 33.8. The van der Waals surface area contributed by atoms with E-state index in [0.717, 1.165) is 17.7 Å². The predicted molar refractivity (Wildman–Crippen MR) is 155 cm³/mol. The van der Waals surface area contributed by atoms with Crippen LogP contribution in [0.3, 0.4) is 0 Å². The van der Waals surface area contributed by atoms with E-state index >= 15 is 0 Å². The van der Waals surface area contributed by atoms with Crippen LogP contribution in [-0.4, -0.2) is 64.4 Å². The molecule has 0 aliphatic rings. The molecule has 3 amide bonds. The Kier molecular flexibility index (Phi) is 14.8. The van der Waals surface area contributed by atoms with E-state index < -0.39 is 41.8 Å². The molecule has 0 heterocycles. The number of aliphatic hydroxyl groups is 1. The number of benzene rings is 1. The van der Waals surface area contributed by atoms with Crippen LogP contribution in [0.15, 0.2) is 30.3 Å². The third kappa shape index (κ3) is 14.6. The minimum Gasteiger partial charge on any atom is -0.444 e. The Morgan fingerprint density at radius 3 is 2.11 bits per heavy atom. The largest absolute Gasteiger partial charge is 0.444 e. The summed E-state index contributed by atoms with van der Waals surface area (Å²) in [4.78, 5) is 38.6. The van der Waals surface area contributed by atoms with Crippen LogP contribution in [0.2, 0.25) is 0 Å². The monoisotopic (exact) mass is 551 g/mol. The van der Waals surface area contributed by atoms with Gasteiger partial charge in [-0.25, -0.2) is 4.79 Å². The maximum Gasteiger partial charge on any atom is 0.408 e. The summed E-state index contributed by atoms with van der Waals surface area (Å²) in [7, 11) is 0. The van der Waals surface area contributed by atoms with E-state index in [2.05, 4.69) is 29.8 Å². The van der Waals surface area contributed by atoms with Crippen LogP contribution in [-0.2, 0) is 20.7 Å². The summed E-state index contributed by atoms with van der Waals surface area (Å²) in [5, 5.41) is 19.1. The van der Waals surface area contributed by atoms with E-state index in [-0.39, 0.29) is 18.2 Å². The van der Waals surface area contributed by atoms with Crippen LogP contribution in [0.4, 0.5) is 4.79 Å². The lowest BCUT2D eigenvalue weighted by Crippen LogP contribution is -2.56. The van der Waals surface area contributed by atoms with Gasteiger partial charge in [-0.15, -0.1) is 0 Å². The molecule has 0 spiro atoms. The van der Waals surface area contributed by atoms with Gasteiger partial charge >= 0.3 is 6.09 Å². The minimum atomic E-state index is -0.933. The van der Waals surface area contributed by atoms with Crippen molar-refractivity contribution >= 4 is 29.7 Å². The van der Waals surface area contributed by atoms with Gasteiger partial charge in [0.25, 0.3) is 0 Å². The van der Waals surface area contributed by atoms with Gasteiger partial charge in [-0.3, -0.25) is 9.59 Å². The van der Waals surface area contributed by atoms with Crippen molar-refractivity contribution in [3.05, 3.63) is 35.9 Å². The number of aliphatic hydroxyl groups excluding tert-OH is 1. The van der Waals surface area contributed by atoms with Crippen LogP contribution in [0, 0.1) is 11.8 Å². The number of nitrogens with one attached hydrogen (secondary N) is 3. The lowest BCUT2D eigenvalue weighted by Gasteiger charge is -2.28. The summed E-state index contributed by atoms with van der Waals surface area (Å²) < 4.78 is 5.34. The number of carbonyl (C=O) groups is 3. The van der Waals surface area contributed by atoms with E-state index in [1.165, 1.54) is 0 Å². The average Bonchev–Trinajstić information content (AvgIpc) is 2.79. The first-order valence-corrected chi connectivity index (χ1v) is 14.7. The number of hydrogen-bond acceptors (Lipinski definition) is 6. The molecule has 9 heteroatoms. The highest BCUT2D eigenvalue weighted by atomic mass is 32.2. The normalized spacial score (nSPS) is 14.9. The summed E-state index contributed by atoms with van der Waals surface area (Å²) >= 11 is 1.68. The summed E-state index contributed by atoms with van der Waals surface area (Å²) in [6, 6.07) is 7.10. The quantitative estimate of drug-likeness (QED) is 0.242. The van der Waals surface area contributed by atoms with Gasteiger partial charge in [-0.05, 0) is 63.7 Å². The Morgan fingerprint density at radius 2 is 1.55 bits per heavy atom. The second-order valence-electron chi connectivity index (χ2n) is 11.7. The molecule has 216 valence electrons. The second kappa shape index (κ2) is 16.6. The number of thioether (sulfide) groups is 1. The number of carbonyl (C=O) groups excluding carboxylic acids is 3. The Morgan fingerprint density at radius 1 is 0.921 bits per heavy atom. The molecule has 1 rings (SSSR count). The van der Waals surface area contributed by atoms with Crippen molar-refractivity contribution in [3.63, 3.8) is 0 Å². The van der Waals surface area contributed by atoms with Gasteiger partial charge in [0, 0.05) is 12.2 Å². The molecule has 0 saturated carbocycles. The van der Waals surface area contributed by atoms with Crippen molar-refractivity contribution < 1.29 is 24.2 Å². The molecule has 1 aromatic rings. The molecule has 0 aliphatic carbocycles.